The molecule has 0 atom stereocenters. The van der Waals surface area contributed by atoms with Gasteiger partial charge < -0.3 is 5.32 Å². The van der Waals surface area contributed by atoms with Crippen molar-refractivity contribution < 1.29 is 0 Å². The third-order valence-electron chi connectivity index (χ3n) is 3.18. The lowest BCUT2D eigenvalue weighted by atomic mass is 10.1. The highest BCUT2D eigenvalue weighted by atomic mass is 35.5. The Kier molecular flexibility index (Phi) is 3.75. The van der Waals surface area contributed by atoms with Crippen molar-refractivity contribution in [3.8, 4) is 11.4 Å². The van der Waals surface area contributed by atoms with Crippen LogP contribution in [0.2, 0.25) is 5.02 Å². The van der Waals surface area contributed by atoms with Crippen molar-refractivity contribution in [2.45, 2.75) is 26.3 Å². The van der Waals surface area contributed by atoms with Gasteiger partial charge in [-0.15, -0.1) is 0 Å². The number of nitrogens with one attached hydrogen (secondary N) is 1. The summed E-state index contributed by atoms with van der Waals surface area (Å²) in [5.74, 6) is 1.51. The van der Waals surface area contributed by atoms with Gasteiger partial charge in [0.15, 0.2) is 5.82 Å². The number of rotatable bonds is 2. The summed E-state index contributed by atoms with van der Waals surface area (Å²) < 4.78 is 0. The van der Waals surface area contributed by atoms with E-state index in [1.165, 1.54) is 0 Å². The highest BCUT2D eigenvalue weighted by molar-refractivity contribution is 6.30. The first-order chi connectivity index (χ1) is 10.4. The number of hydrogen-bond donors (Lipinski definition) is 1. The van der Waals surface area contributed by atoms with Gasteiger partial charge in [0.1, 0.15) is 5.82 Å². The molecule has 1 aromatic heterocycles. The molecular weight excluding hydrogens is 294 g/mol. The molecule has 0 radical (unpaired) electrons. The van der Waals surface area contributed by atoms with Gasteiger partial charge in [0, 0.05) is 21.5 Å². The minimum atomic E-state index is -0.0806. The van der Waals surface area contributed by atoms with Crippen LogP contribution in [0, 0.1) is 0 Å². The zero-order valence-electron chi connectivity index (χ0n) is 12.9. The Balaban J connectivity index is 2.20. The van der Waals surface area contributed by atoms with Crippen LogP contribution in [0.1, 0.15) is 20.8 Å². The van der Waals surface area contributed by atoms with E-state index in [2.05, 4.69) is 31.1 Å². The van der Waals surface area contributed by atoms with Gasteiger partial charge in [0.2, 0.25) is 0 Å². The number of hydrogen-bond acceptors (Lipinski definition) is 3. The van der Waals surface area contributed by atoms with Crippen LogP contribution in [0.25, 0.3) is 22.3 Å². The average Bonchev–Trinajstić information content (AvgIpc) is 2.45. The second-order valence-electron chi connectivity index (χ2n) is 6.30. The summed E-state index contributed by atoms with van der Waals surface area (Å²) in [5.41, 5.74) is 1.75. The quantitative estimate of drug-likeness (QED) is 0.710. The summed E-state index contributed by atoms with van der Waals surface area (Å²) in [6.07, 6.45) is 0. The molecular formula is C18H18ClN3. The standard InChI is InChI=1S/C18H18ClN3/c1-18(2,3)22-17-14-9-4-5-10-15(14)20-16(21-17)12-7-6-8-13(19)11-12/h4-11H,1-3H3,(H,20,21,22). The zero-order valence-corrected chi connectivity index (χ0v) is 13.6. The minimum Gasteiger partial charge on any atom is -0.365 e. The Morgan fingerprint density at radius 3 is 2.45 bits per heavy atom. The molecule has 0 saturated heterocycles. The zero-order chi connectivity index (χ0) is 15.7. The number of halogens is 1. The number of anilines is 1. The van der Waals surface area contributed by atoms with Gasteiger partial charge in [-0.05, 0) is 45.0 Å². The van der Waals surface area contributed by atoms with Crippen LogP contribution in [0.5, 0.6) is 0 Å². The second kappa shape index (κ2) is 5.58. The van der Waals surface area contributed by atoms with Crippen LogP contribution in [-0.4, -0.2) is 15.5 Å². The topological polar surface area (TPSA) is 37.8 Å². The van der Waals surface area contributed by atoms with Crippen LogP contribution >= 0.6 is 11.6 Å². The Bertz CT molecular complexity index is 822. The molecule has 0 aliphatic heterocycles. The van der Waals surface area contributed by atoms with Gasteiger partial charge >= 0.3 is 0 Å². The van der Waals surface area contributed by atoms with Crippen molar-refractivity contribution in [2.24, 2.45) is 0 Å². The molecule has 0 unspecified atom stereocenters. The molecule has 0 bridgehead atoms. The summed E-state index contributed by atoms with van der Waals surface area (Å²) in [4.78, 5) is 9.38. The van der Waals surface area contributed by atoms with Gasteiger partial charge in [-0.3, -0.25) is 0 Å². The van der Waals surface area contributed by atoms with Crippen molar-refractivity contribution in [1.82, 2.24) is 9.97 Å². The molecule has 3 aromatic rings. The molecule has 22 heavy (non-hydrogen) atoms. The van der Waals surface area contributed by atoms with Gasteiger partial charge in [-0.1, -0.05) is 35.9 Å². The molecule has 1 N–H and O–H groups in total. The molecule has 0 aliphatic carbocycles. The molecule has 0 amide bonds. The maximum atomic E-state index is 6.09. The average molecular weight is 312 g/mol. The smallest absolute Gasteiger partial charge is 0.162 e. The number of nitrogens with zero attached hydrogens (tertiary/aromatic N) is 2. The maximum absolute atomic E-state index is 6.09. The lowest BCUT2D eigenvalue weighted by molar-refractivity contribution is 0.631. The van der Waals surface area contributed by atoms with E-state index in [1.54, 1.807) is 0 Å². The summed E-state index contributed by atoms with van der Waals surface area (Å²) in [7, 11) is 0. The molecule has 112 valence electrons. The Morgan fingerprint density at radius 1 is 0.955 bits per heavy atom. The highest BCUT2D eigenvalue weighted by Gasteiger charge is 2.15. The van der Waals surface area contributed by atoms with E-state index in [4.69, 9.17) is 16.6 Å². The monoisotopic (exact) mass is 311 g/mol. The molecule has 4 heteroatoms. The lowest BCUT2D eigenvalue weighted by Gasteiger charge is -2.22. The van der Waals surface area contributed by atoms with Crippen molar-refractivity contribution in [1.29, 1.82) is 0 Å². The number of fused-ring (bicyclic) bond motifs is 1. The van der Waals surface area contributed by atoms with Crippen molar-refractivity contribution in [2.75, 3.05) is 5.32 Å². The van der Waals surface area contributed by atoms with Gasteiger partial charge in [-0.25, -0.2) is 9.97 Å². The van der Waals surface area contributed by atoms with E-state index in [9.17, 15) is 0 Å². The largest absolute Gasteiger partial charge is 0.365 e. The summed E-state index contributed by atoms with van der Waals surface area (Å²) in [6, 6.07) is 15.6. The van der Waals surface area contributed by atoms with Crippen molar-refractivity contribution in [3.05, 3.63) is 53.6 Å². The van der Waals surface area contributed by atoms with Crippen molar-refractivity contribution in [3.63, 3.8) is 0 Å². The van der Waals surface area contributed by atoms with Gasteiger partial charge in [0.25, 0.3) is 0 Å². The molecule has 1 heterocycles. The minimum absolute atomic E-state index is 0.0806. The summed E-state index contributed by atoms with van der Waals surface area (Å²) >= 11 is 6.09. The van der Waals surface area contributed by atoms with Crippen molar-refractivity contribution >= 4 is 28.3 Å². The number of para-hydroxylation sites is 1. The molecule has 0 saturated carbocycles. The first-order valence-electron chi connectivity index (χ1n) is 7.23. The second-order valence-corrected chi connectivity index (χ2v) is 6.73. The van der Waals surface area contributed by atoms with Crippen LogP contribution in [-0.2, 0) is 0 Å². The number of benzene rings is 2. The Morgan fingerprint density at radius 2 is 1.73 bits per heavy atom. The Labute approximate surface area is 135 Å². The van der Waals surface area contributed by atoms with Crippen LogP contribution in [0.4, 0.5) is 5.82 Å². The summed E-state index contributed by atoms with van der Waals surface area (Å²) in [5, 5.41) is 5.16. The third kappa shape index (κ3) is 3.20. The molecule has 0 spiro atoms. The lowest BCUT2D eigenvalue weighted by Crippen LogP contribution is -2.27. The molecule has 3 rings (SSSR count). The number of aromatic nitrogens is 2. The third-order valence-corrected chi connectivity index (χ3v) is 3.41. The van der Waals surface area contributed by atoms with E-state index >= 15 is 0 Å². The SMILES string of the molecule is CC(C)(C)Nc1nc(-c2cccc(Cl)c2)nc2ccccc12. The van der Waals surface area contributed by atoms with Gasteiger partial charge in [-0.2, -0.15) is 0 Å². The van der Waals surface area contributed by atoms with E-state index in [0.29, 0.717) is 10.8 Å². The fourth-order valence-corrected chi connectivity index (χ4v) is 2.47. The molecule has 2 aromatic carbocycles. The van der Waals surface area contributed by atoms with E-state index in [0.717, 1.165) is 22.3 Å². The van der Waals surface area contributed by atoms with E-state index in [1.807, 2.05) is 48.5 Å². The molecule has 0 aliphatic rings. The van der Waals surface area contributed by atoms with Crippen LogP contribution in [0.15, 0.2) is 48.5 Å². The highest BCUT2D eigenvalue weighted by Crippen LogP contribution is 2.27. The maximum Gasteiger partial charge on any atom is 0.162 e. The molecule has 0 fully saturated rings. The van der Waals surface area contributed by atoms with E-state index < -0.39 is 0 Å². The van der Waals surface area contributed by atoms with Crippen LogP contribution < -0.4 is 5.32 Å². The van der Waals surface area contributed by atoms with E-state index in [-0.39, 0.29) is 5.54 Å². The van der Waals surface area contributed by atoms with Crippen LogP contribution in [0.3, 0.4) is 0 Å². The predicted octanol–water partition coefficient (Wildman–Crippen LogP) is 5.16. The fraction of sp³-hybridized carbons (Fsp3) is 0.222. The first kappa shape index (κ1) is 14.8. The molecule has 3 nitrogen and oxygen atoms in total. The Hall–Kier alpha value is -2.13. The summed E-state index contributed by atoms with van der Waals surface area (Å²) in [6.45, 7) is 6.34. The first-order valence-corrected chi connectivity index (χ1v) is 7.61. The predicted molar refractivity (Wildman–Crippen MR) is 93.4 cm³/mol. The fourth-order valence-electron chi connectivity index (χ4n) is 2.28. The van der Waals surface area contributed by atoms with Gasteiger partial charge in [0.05, 0.1) is 5.52 Å². The normalized spacial score (nSPS) is 11.6.